The number of aromatic nitrogens is 1. The van der Waals surface area contributed by atoms with Gasteiger partial charge in [0.2, 0.25) is 0 Å². The van der Waals surface area contributed by atoms with Gasteiger partial charge in [-0.05, 0) is 6.07 Å². The van der Waals surface area contributed by atoms with E-state index < -0.39 is 0 Å². The van der Waals surface area contributed by atoms with Crippen molar-refractivity contribution < 1.29 is 9.53 Å². The first-order chi connectivity index (χ1) is 6.29. The summed E-state index contributed by atoms with van der Waals surface area (Å²) in [4.78, 5) is 15.2. The molecule has 0 saturated carbocycles. The van der Waals surface area contributed by atoms with Crippen molar-refractivity contribution in [2.75, 3.05) is 7.11 Å². The zero-order chi connectivity index (χ0) is 9.68. The number of carbonyl (C=O) groups excluding carboxylic acids is 1. The van der Waals surface area contributed by atoms with Gasteiger partial charge >= 0.3 is 0 Å². The van der Waals surface area contributed by atoms with E-state index in [9.17, 15) is 4.79 Å². The zero-order valence-electron chi connectivity index (χ0n) is 7.28. The molecule has 0 N–H and O–H groups in total. The molecule has 0 fully saturated rings. The third kappa shape index (κ3) is 2.06. The van der Waals surface area contributed by atoms with Crippen LogP contribution in [0.25, 0.3) is 0 Å². The molecule has 1 aromatic heterocycles. The summed E-state index contributed by atoms with van der Waals surface area (Å²) in [5.41, 5.74) is 0.482. The van der Waals surface area contributed by atoms with Crippen LogP contribution in [0, 0.1) is 12.3 Å². The summed E-state index contributed by atoms with van der Waals surface area (Å²) in [6.45, 7) is 0. The van der Waals surface area contributed by atoms with Crippen LogP contribution in [0.1, 0.15) is 16.8 Å². The van der Waals surface area contributed by atoms with E-state index in [1.54, 1.807) is 6.07 Å². The van der Waals surface area contributed by atoms with Crippen LogP contribution in [0.3, 0.4) is 0 Å². The Balaban J connectivity index is 3.00. The predicted molar refractivity (Wildman–Crippen MR) is 48.6 cm³/mol. The van der Waals surface area contributed by atoms with E-state index in [0.29, 0.717) is 11.3 Å². The number of hydrogen-bond acceptors (Lipinski definition) is 3. The molecule has 0 unspecified atom stereocenters. The number of pyridine rings is 1. The number of ether oxygens (including phenoxy) is 1. The molecule has 0 saturated heterocycles. The van der Waals surface area contributed by atoms with Gasteiger partial charge in [0, 0.05) is 6.20 Å². The van der Waals surface area contributed by atoms with E-state index in [4.69, 9.17) is 11.2 Å². The molecule has 1 aromatic rings. The lowest BCUT2D eigenvalue weighted by molar-refractivity contribution is 0.0995. The van der Waals surface area contributed by atoms with Crippen LogP contribution < -0.4 is 4.74 Å². The number of nitrogens with zero attached hydrogens (tertiary/aromatic N) is 1. The third-order valence-electron chi connectivity index (χ3n) is 1.57. The number of terminal acetylenes is 1. The van der Waals surface area contributed by atoms with Gasteiger partial charge in [-0.15, -0.1) is 6.42 Å². The van der Waals surface area contributed by atoms with Crippen LogP contribution in [-0.4, -0.2) is 17.9 Å². The molecular formula is C10H9NO2. The first kappa shape index (κ1) is 9.27. The molecule has 0 aromatic carbocycles. The maximum Gasteiger partial charge on any atom is 0.178 e. The van der Waals surface area contributed by atoms with Crippen molar-refractivity contribution in [3.8, 4) is 18.1 Å². The molecule has 1 rings (SSSR count). The molecule has 0 aliphatic heterocycles. The molecule has 0 amide bonds. The molecule has 3 heteroatoms. The summed E-state index contributed by atoms with van der Waals surface area (Å²) in [6.07, 6.45) is 8.14. The van der Waals surface area contributed by atoms with Crippen molar-refractivity contribution in [2.24, 2.45) is 0 Å². The molecule has 0 aliphatic rings. The number of Topliss-reactive ketones (excluding diaryl/α,β-unsaturated/α-hetero) is 1. The SMILES string of the molecule is C#CCC(=O)c1ccncc1OC. The first-order valence-corrected chi connectivity index (χ1v) is 3.74. The highest BCUT2D eigenvalue weighted by Crippen LogP contribution is 2.16. The second-order valence-electron chi connectivity index (χ2n) is 2.38. The molecule has 0 radical (unpaired) electrons. The number of methoxy groups -OCH3 is 1. The standard InChI is InChI=1S/C10H9NO2/c1-3-4-9(12)8-5-6-11-7-10(8)13-2/h1,5-7H,4H2,2H3. The molecule has 0 spiro atoms. The minimum atomic E-state index is -0.123. The van der Waals surface area contributed by atoms with E-state index in [1.165, 1.54) is 19.5 Å². The van der Waals surface area contributed by atoms with Crippen molar-refractivity contribution in [3.63, 3.8) is 0 Å². The minimum absolute atomic E-state index is 0.0837. The van der Waals surface area contributed by atoms with Crippen molar-refractivity contribution in [1.29, 1.82) is 0 Å². The highest BCUT2D eigenvalue weighted by atomic mass is 16.5. The monoisotopic (exact) mass is 175 g/mol. The lowest BCUT2D eigenvalue weighted by atomic mass is 10.1. The maximum absolute atomic E-state index is 11.4. The molecule has 0 bridgehead atoms. The van der Waals surface area contributed by atoms with E-state index >= 15 is 0 Å². The van der Waals surface area contributed by atoms with E-state index in [2.05, 4.69) is 10.9 Å². The van der Waals surface area contributed by atoms with Gasteiger partial charge in [-0.1, -0.05) is 5.92 Å². The maximum atomic E-state index is 11.4. The second kappa shape index (κ2) is 4.27. The van der Waals surface area contributed by atoms with Crippen LogP contribution in [0.2, 0.25) is 0 Å². The normalized spacial score (nSPS) is 8.92. The quantitative estimate of drug-likeness (QED) is 0.513. The molecular weight excluding hydrogens is 166 g/mol. The summed E-state index contributed by atoms with van der Waals surface area (Å²) in [6, 6.07) is 1.60. The Bertz CT molecular complexity index is 352. The minimum Gasteiger partial charge on any atom is -0.494 e. The van der Waals surface area contributed by atoms with E-state index in [-0.39, 0.29) is 12.2 Å². The summed E-state index contributed by atoms with van der Waals surface area (Å²) in [5, 5.41) is 0. The molecule has 13 heavy (non-hydrogen) atoms. The summed E-state index contributed by atoms with van der Waals surface area (Å²) < 4.78 is 4.96. The Hall–Kier alpha value is -1.82. The van der Waals surface area contributed by atoms with Crippen LogP contribution >= 0.6 is 0 Å². The largest absolute Gasteiger partial charge is 0.494 e. The number of carbonyl (C=O) groups is 1. The van der Waals surface area contributed by atoms with Crippen molar-refractivity contribution in [1.82, 2.24) is 4.98 Å². The lowest BCUT2D eigenvalue weighted by Gasteiger charge is -2.03. The summed E-state index contributed by atoms with van der Waals surface area (Å²) in [5.74, 6) is 2.63. The highest BCUT2D eigenvalue weighted by Gasteiger charge is 2.09. The van der Waals surface area contributed by atoms with E-state index in [0.717, 1.165) is 0 Å². The Morgan fingerprint density at radius 1 is 1.77 bits per heavy atom. The Morgan fingerprint density at radius 3 is 3.15 bits per heavy atom. The summed E-state index contributed by atoms with van der Waals surface area (Å²) >= 11 is 0. The number of rotatable bonds is 3. The van der Waals surface area contributed by atoms with Crippen LogP contribution in [0.5, 0.6) is 5.75 Å². The Kier molecular flexibility index (Phi) is 3.04. The van der Waals surface area contributed by atoms with Gasteiger partial charge in [0.25, 0.3) is 0 Å². The molecule has 0 aliphatic carbocycles. The van der Waals surface area contributed by atoms with Gasteiger partial charge in [-0.25, -0.2) is 0 Å². The van der Waals surface area contributed by atoms with Crippen LogP contribution in [0.4, 0.5) is 0 Å². The fraction of sp³-hybridized carbons (Fsp3) is 0.200. The topological polar surface area (TPSA) is 39.2 Å². The fourth-order valence-electron chi connectivity index (χ4n) is 0.961. The van der Waals surface area contributed by atoms with Crippen molar-refractivity contribution >= 4 is 5.78 Å². The smallest absolute Gasteiger partial charge is 0.178 e. The molecule has 1 heterocycles. The average molecular weight is 175 g/mol. The Morgan fingerprint density at radius 2 is 2.54 bits per heavy atom. The molecule has 0 atom stereocenters. The van der Waals surface area contributed by atoms with Gasteiger partial charge in [0.05, 0.1) is 25.3 Å². The van der Waals surface area contributed by atoms with Gasteiger partial charge in [-0.3, -0.25) is 9.78 Å². The fourth-order valence-corrected chi connectivity index (χ4v) is 0.961. The summed E-state index contributed by atoms with van der Waals surface area (Å²) in [7, 11) is 1.49. The van der Waals surface area contributed by atoms with Gasteiger partial charge in [0.15, 0.2) is 5.78 Å². The van der Waals surface area contributed by atoms with Crippen molar-refractivity contribution in [2.45, 2.75) is 6.42 Å². The van der Waals surface area contributed by atoms with Crippen molar-refractivity contribution in [3.05, 3.63) is 24.0 Å². The molecule has 66 valence electrons. The average Bonchev–Trinajstić information content (AvgIpc) is 2.18. The second-order valence-corrected chi connectivity index (χ2v) is 2.38. The van der Waals surface area contributed by atoms with Gasteiger partial charge < -0.3 is 4.74 Å². The first-order valence-electron chi connectivity index (χ1n) is 3.74. The van der Waals surface area contributed by atoms with Crippen LogP contribution in [-0.2, 0) is 0 Å². The van der Waals surface area contributed by atoms with Gasteiger partial charge in [-0.2, -0.15) is 0 Å². The number of ketones is 1. The molecule has 3 nitrogen and oxygen atoms in total. The highest BCUT2D eigenvalue weighted by molar-refractivity contribution is 5.99. The van der Waals surface area contributed by atoms with Crippen LogP contribution in [0.15, 0.2) is 18.5 Å². The van der Waals surface area contributed by atoms with Gasteiger partial charge in [0.1, 0.15) is 5.75 Å². The predicted octanol–water partition coefficient (Wildman–Crippen LogP) is 1.30. The Labute approximate surface area is 76.8 Å². The lowest BCUT2D eigenvalue weighted by Crippen LogP contribution is -2.01. The van der Waals surface area contributed by atoms with E-state index in [1.807, 2.05) is 0 Å². The zero-order valence-corrected chi connectivity index (χ0v) is 7.28. The third-order valence-corrected chi connectivity index (χ3v) is 1.57. The number of hydrogen-bond donors (Lipinski definition) is 0.